The van der Waals surface area contributed by atoms with Crippen molar-refractivity contribution in [3.8, 4) is 0 Å². The topological polar surface area (TPSA) is 48.5 Å². The minimum Gasteiger partial charge on any atom is -0.324 e. The first-order chi connectivity index (χ1) is 12.0. The number of piperidine rings is 1. The summed E-state index contributed by atoms with van der Waals surface area (Å²) in [5, 5.41) is 4.08. The van der Waals surface area contributed by atoms with Gasteiger partial charge in [0.05, 0.1) is 17.2 Å². The molecule has 0 aliphatic carbocycles. The average Bonchev–Trinajstić information content (AvgIpc) is 2.61. The van der Waals surface area contributed by atoms with Crippen LogP contribution >= 0.6 is 0 Å². The van der Waals surface area contributed by atoms with Crippen molar-refractivity contribution in [2.75, 3.05) is 39.0 Å². The van der Waals surface area contributed by atoms with Gasteiger partial charge in [-0.15, -0.1) is 0 Å². The number of aromatic nitrogens is 1. The summed E-state index contributed by atoms with van der Waals surface area (Å²) in [6.45, 7) is 5.12. The van der Waals surface area contributed by atoms with Gasteiger partial charge in [-0.05, 0) is 77.1 Å². The van der Waals surface area contributed by atoms with Gasteiger partial charge in [-0.3, -0.25) is 14.7 Å². The fraction of sp³-hybridized carbons (Fsp3) is 0.500. The molecule has 1 amide bonds. The number of likely N-dealkylation sites (tertiary alicyclic amines) is 1. The molecule has 1 N–H and O–H groups in total. The molecule has 0 spiro atoms. The zero-order chi connectivity index (χ0) is 17.8. The molecule has 1 fully saturated rings. The van der Waals surface area contributed by atoms with Crippen molar-refractivity contribution in [1.82, 2.24) is 14.8 Å². The van der Waals surface area contributed by atoms with Crippen molar-refractivity contribution in [3.05, 3.63) is 36.5 Å². The molecular weight excluding hydrogens is 312 g/mol. The fourth-order valence-corrected chi connectivity index (χ4v) is 3.65. The van der Waals surface area contributed by atoms with Gasteiger partial charge in [-0.1, -0.05) is 6.07 Å². The lowest BCUT2D eigenvalue weighted by Gasteiger charge is -2.36. The molecule has 1 atom stereocenters. The van der Waals surface area contributed by atoms with E-state index in [-0.39, 0.29) is 11.9 Å². The molecule has 0 bridgehead atoms. The third kappa shape index (κ3) is 4.35. The highest BCUT2D eigenvalue weighted by atomic mass is 16.2. The van der Waals surface area contributed by atoms with Gasteiger partial charge in [0.15, 0.2) is 0 Å². The number of nitrogens with one attached hydrogen (secondary N) is 1. The van der Waals surface area contributed by atoms with Crippen molar-refractivity contribution in [3.63, 3.8) is 0 Å². The summed E-state index contributed by atoms with van der Waals surface area (Å²) in [6.07, 6.45) is 4.09. The molecule has 0 saturated carbocycles. The van der Waals surface area contributed by atoms with Gasteiger partial charge in [-0.2, -0.15) is 0 Å². The monoisotopic (exact) mass is 340 g/mol. The van der Waals surface area contributed by atoms with Crippen LogP contribution in [0.15, 0.2) is 36.5 Å². The summed E-state index contributed by atoms with van der Waals surface area (Å²) < 4.78 is 0. The van der Waals surface area contributed by atoms with Crippen LogP contribution in [-0.2, 0) is 4.79 Å². The smallest absolute Gasteiger partial charge is 0.241 e. The van der Waals surface area contributed by atoms with E-state index in [4.69, 9.17) is 0 Å². The van der Waals surface area contributed by atoms with Crippen LogP contribution in [-0.4, -0.2) is 60.5 Å². The number of carbonyl (C=O) groups is 1. The molecule has 2 aromatic rings. The summed E-state index contributed by atoms with van der Waals surface area (Å²) >= 11 is 0. The number of pyridine rings is 1. The molecule has 134 valence electrons. The lowest BCUT2D eigenvalue weighted by atomic mass is 9.95. The normalized spacial score (nSPS) is 17.8. The van der Waals surface area contributed by atoms with Crippen molar-refractivity contribution in [2.24, 2.45) is 5.92 Å². The van der Waals surface area contributed by atoms with Gasteiger partial charge in [-0.25, -0.2) is 0 Å². The van der Waals surface area contributed by atoms with Crippen LogP contribution in [0.2, 0.25) is 0 Å². The number of hydrogen-bond acceptors (Lipinski definition) is 4. The van der Waals surface area contributed by atoms with E-state index in [1.165, 1.54) is 0 Å². The molecule has 1 aromatic carbocycles. The third-order valence-corrected chi connectivity index (χ3v) is 5.10. The first-order valence-corrected chi connectivity index (χ1v) is 9.08. The van der Waals surface area contributed by atoms with Crippen LogP contribution in [0.1, 0.15) is 19.8 Å². The Kier molecular flexibility index (Phi) is 5.66. The Bertz CT molecular complexity index is 717. The van der Waals surface area contributed by atoms with Crippen molar-refractivity contribution < 1.29 is 4.79 Å². The summed E-state index contributed by atoms with van der Waals surface area (Å²) in [7, 11) is 4.25. The predicted molar refractivity (Wildman–Crippen MR) is 103 cm³/mol. The van der Waals surface area contributed by atoms with Crippen LogP contribution in [0.3, 0.4) is 0 Å². The molecule has 5 nitrogen and oxygen atoms in total. The predicted octanol–water partition coefficient (Wildman–Crippen LogP) is 2.84. The molecular formula is C20H28N4O. The van der Waals surface area contributed by atoms with E-state index in [9.17, 15) is 4.79 Å². The van der Waals surface area contributed by atoms with E-state index >= 15 is 0 Å². The lowest BCUT2D eigenvalue weighted by molar-refractivity contribution is -0.121. The number of rotatable bonds is 5. The van der Waals surface area contributed by atoms with Crippen LogP contribution < -0.4 is 5.32 Å². The summed E-state index contributed by atoms with van der Waals surface area (Å²) in [4.78, 5) is 21.6. The van der Waals surface area contributed by atoms with Gasteiger partial charge in [0.25, 0.3) is 0 Å². The minimum absolute atomic E-state index is 0.0578. The van der Waals surface area contributed by atoms with Gasteiger partial charge in [0, 0.05) is 18.1 Å². The Hall–Kier alpha value is -1.98. The molecule has 1 aliphatic heterocycles. The highest BCUT2D eigenvalue weighted by Crippen LogP contribution is 2.23. The van der Waals surface area contributed by atoms with E-state index in [1.54, 1.807) is 6.20 Å². The molecule has 3 rings (SSSR count). The van der Waals surface area contributed by atoms with Crippen LogP contribution in [0.5, 0.6) is 0 Å². The molecule has 0 unspecified atom stereocenters. The Morgan fingerprint density at radius 2 is 2.04 bits per heavy atom. The molecule has 25 heavy (non-hydrogen) atoms. The quantitative estimate of drug-likeness (QED) is 0.909. The summed E-state index contributed by atoms with van der Waals surface area (Å²) in [5.41, 5.74) is 1.74. The molecule has 5 heteroatoms. The second-order valence-corrected chi connectivity index (χ2v) is 7.28. The van der Waals surface area contributed by atoms with Crippen molar-refractivity contribution in [1.29, 1.82) is 0 Å². The SMILES string of the molecule is C[C@H](C(=O)Nc1cccc2ncccc12)N1CCC(CN(C)C)CC1. The Balaban J connectivity index is 1.61. The molecule has 0 radical (unpaired) electrons. The highest BCUT2D eigenvalue weighted by molar-refractivity contribution is 6.02. The Labute approximate surface area is 150 Å². The van der Waals surface area contributed by atoms with Crippen molar-refractivity contribution in [2.45, 2.75) is 25.8 Å². The van der Waals surface area contributed by atoms with Crippen LogP contribution in [0.4, 0.5) is 5.69 Å². The van der Waals surface area contributed by atoms with Crippen LogP contribution in [0.25, 0.3) is 10.9 Å². The number of carbonyl (C=O) groups excluding carboxylic acids is 1. The lowest BCUT2D eigenvalue weighted by Crippen LogP contribution is -2.47. The fourth-order valence-electron chi connectivity index (χ4n) is 3.65. The number of benzene rings is 1. The zero-order valence-corrected chi connectivity index (χ0v) is 15.4. The van der Waals surface area contributed by atoms with E-state index in [0.29, 0.717) is 0 Å². The maximum Gasteiger partial charge on any atom is 0.241 e. The van der Waals surface area contributed by atoms with E-state index < -0.39 is 0 Å². The Morgan fingerprint density at radius 3 is 2.76 bits per heavy atom. The zero-order valence-electron chi connectivity index (χ0n) is 15.4. The Morgan fingerprint density at radius 1 is 1.28 bits per heavy atom. The minimum atomic E-state index is -0.118. The summed E-state index contributed by atoms with van der Waals surface area (Å²) in [5.74, 6) is 0.799. The first-order valence-electron chi connectivity index (χ1n) is 9.08. The van der Waals surface area contributed by atoms with Gasteiger partial charge in [0.1, 0.15) is 0 Å². The van der Waals surface area contributed by atoms with E-state index in [2.05, 4.69) is 34.2 Å². The third-order valence-electron chi connectivity index (χ3n) is 5.10. The maximum absolute atomic E-state index is 12.7. The van der Waals surface area contributed by atoms with Crippen LogP contribution in [0, 0.1) is 5.92 Å². The molecule has 2 heterocycles. The van der Waals surface area contributed by atoms with Gasteiger partial charge >= 0.3 is 0 Å². The van der Waals surface area contributed by atoms with Gasteiger partial charge < -0.3 is 10.2 Å². The molecule has 1 saturated heterocycles. The van der Waals surface area contributed by atoms with Gasteiger partial charge in [0.2, 0.25) is 5.91 Å². The number of nitrogens with zero attached hydrogens (tertiary/aromatic N) is 3. The first kappa shape index (κ1) is 17.8. The average molecular weight is 340 g/mol. The van der Waals surface area contributed by atoms with Crippen molar-refractivity contribution >= 4 is 22.5 Å². The summed E-state index contributed by atoms with van der Waals surface area (Å²) in [6, 6.07) is 9.61. The highest BCUT2D eigenvalue weighted by Gasteiger charge is 2.27. The number of anilines is 1. The number of hydrogen-bond donors (Lipinski definition) is 1. The molecule has 1 aliphatic rings. The maximum atomic E-state index is 12.7. The number of amides is 1. The molecule has 1 aromatic heterocycles. The second kappa shape index (κ2) is 7.93. The number of fused-ring (bicyclic) bond motifs is 1. The largest absolute Gasteiger partial charge is 0.324 e. The van der Waals surface area contributed by atoms with E-state index in [0.717, 1.165) is 55.0 Å². The standard InChI is InChI=1S/C20H28N4O/c1-15(24-12-9-16(10-13-24)14-23(2)3)20(25)22-19-8-4-7-18-17(19)6-5-11-21-18/h4-8,11,15-16H,9-10,12-14H2,1-3H3,(H,22,25)/t15-/m1/s1. The van der Waals surface area contributed by atoms with E-state index in [1.807, 2.05) is 37.3 Å². The second-order valence-electron chi connectivity index (χ2n) is 7.28.